The Hall–Kier alpha value is -3.54. The second-order valence-electron chi connectivity index (χ2n) is 7.73. The van der Waals surface area contributed by atoms with Crippen LogP contribution in [0.2, 0.25) is 0 Å². The van der Waals surface area contributed by atoms with Crippen molar-refractivity contribution in [2.75, 3.05) is 37.7 Å². The standard InChI is InChI=1S/C26H28FN3O2/c1-3-5-13-30-22-11-8-12-25(32-18-4-2)20(22)19-24(30)26(31)29-16-14-28(15-17-29)23-10-7-6-9-21(23)27/h3-12,19H,2,13-18H2,1H3/b5-3-. The number of hydrogen-bond donors (Lipinski definition) is 0. The van der Waals surface area contributed by atoms with Gasteiger partial charge in [-0.1, -0.05) is 43.0 Å². The molecule has 0 bridgehead atoms. The van der Waals surface area contributed by atoms with Gasteiger partial charge in [0.25, 0.3) is 5.91 Å². The Kier molecular flexibility index (Phi) is 6.59. The molecule has 1 aromatic heterocycles. The van der Waals surface area contributed by atoms with Crippen LogP contribution in [0.4, 0.5) is 10.1 Å². The van der Waals surface area contributed by atoms with Crippen LogP contribution >= 0.6 is 0 Å². The molecule has 1 fully saturated rings. The van der Waals surface area contributed by atoms with Crippen LogP contribution < -0.4 is 9.64 Å². The van der Waals surface area contributed by atoms with Crippen molar-refractivity contribution in [3.63, 3.8) is 0 Å². The van der Waals surface area contributed by atoms with Crippen LogP contribution in [-0.2, 0) is 6.54 Å². The summed E-state index contributed by atoms with van der Waals surface area (Å²) in [6.07, 6.45) is 5.71. The van der Waals surface area contributed by atoms with Crippen LogP contribution in [0.1, 0.15) is 17.4 Å². The number of amides is 1. The number of aromatic nitrogens is 1. The lowest BCUT2D eigenvalue weighted by molar-refractivity contribution is 0.0737. The summed E-state index contributed by atoms with van der Waals surface area (Å²) in [6.45, 7) is 8.95. The van der Waals surface area contributed by atoms with E-state index in [0.717, 1.165) is 16.7 Å². The zero-order valence-corrected chi connectivity index (χ0v) is 18.3. The summed E-state index contributed by atoms with van der Waals surface area (Å²) in [5.41, 5.74) is 2.18. The number of hydrogen-bond acceptors (Lipinski definition) is 3. The van der Waals surface area contributed by atoms with Crippen molar-refractivity contribution in [3.05, 3.63) is 84.8 Å². The van der Waals surface area contributed by atoms with Gasteiger partial charge in [0.05, 0.1) is 11.2 Å². The number of para-hydroxylation sites is 1. The molecule has 6 heteroatoms. The van der Waals surface area contributed by atoms with Crippen molar-refractivity contribution in [3.8, 4) is 5.75 Å². The van der Waals surface area contributed by atoms with Crippen molar-refractivity contribution in [1.29, 1.82) is 0 Å². The molecule has 0 spiro atoms. The Morgan fingerprint density at radius 2 is 1.91 bits per heavy atom. The summed E-state index contributed by atoms with van der Waals surface area (Å²) < 4.78 is 22.0. The van der Waals surface area contributed by atoms with Gasteiger partial charge in [-0.15, -0.1) is 0 Å². The van der Waals surface area contributed by atoms with Crippen molar-refractivity contribution >= 4 is 22.5 Å². The SMILES string of the molecule is C=CCOc1cccc2c1cc(C(=O)N1CCN(c3ccccc3F)CC1)n2C/C=C\C. The van der Waals surface area contributed by atoms with E-state index in [-0.39, 0.29) is 11.7 Å². The van der Waals surface area contributed by atoms with Crippen LogP contribution in [0.3, 0.4) is 0 Å². The van der Waals surface area contributed by atoms with E-state index in [1.54, 1.807) is 18.2 Å². The molecular formula is C26H28FN3O2. The molecule has 0 unspecified atom stereocenters. The van der Waals surface area contributed by atoms with E-state index < -0.39 is 0 Å². The zero-order valence-electron chi connectivity index (χ0n) is 18.3. The van der Waals surface area contributed by atoms with Crippen LogP contribution in [0.5, 0.6) is 5.75 Å². The van der Waals surface area contributed by atoms with E-state index in [9.17, 15) is 9.18 Å². The van der Waals surface area contributed by atoms with Gasteiger partial charge in [-0.2, -0.15) is 0 Å². The van der Waals surface area contributed by atoms with Crippen LogP contribution in [0.25, 0.3) is 10.9 Å². The minimum absolute atomic E-state index is 0.0199. The molecule has 32 heavy (non-hydrogen) atoms. The maximum Gasteiger partial charge on any atom is 0.270 e. The lowest BCUT2D eigenvalue weighted by atomic mass is 10.2. The third-order valence-corrected chi connectivity index (χ3v) is 5.77. The Morgan fingerprint density at radius 1 is 1.12 bits per heavy atom. The maximum absolute atomic E-state index is 14.2. The molecule has 0 radical (unpaired) electrons. The average Bonchev–Trinajstić information content (AvgIpc) is 3.20. The molecule has 4 rings (SSSR count). The summed E-state index contributed by atoms with van der Waals surface area (Å²) in [4.78, 5) is 17.4. The first-order valence-electron chi connectivity index (χ1n) is 10.9. The van der Waals surface area contributed by atoms with Crippen LogP contribution in [0.15, 0.2) is 73.3 Å². The first-order chi connectivity index (χ1) is 15.6. The molecule has 1 aliphatic heterocycles. The van der Waals surface area contributed by atoms with Crippen LogP contribution in [0, 0.1) is 5.82 Å². The summed E-state index contributed by atoms with van der Waals surface area (Å²) >= 11 is 0. The minimum Gasteiger partial charge on any atom is -0.489 e. The van der Waals surface area contributed by atoms with E-state index in [4.69, 9.17) is 4.74 Å². The van der Waals surface area contributed by atoms with Crippen molar-refractivity contribution in [2.45, 2.75) is 13.5 Å². The number of rotatable bonds is 7. The van der Waals surface area contributed by atoms with Crippen molar-refractivity contribution in [1.82, 2.24) is 9.47 Å². The topological polar surface area (TPSA) is 37.7 Å². The molecule has 1 aliphatic rings. The number of fused-ring (bicyclic) bond motifs is 1. The Bertz CT molecular complexity index is 1140. The molecule has 0 saturated carbocycles. The van der Waals surface area contributed by atoms with Gasteiger partial charge >= 0.3 is 0 Å². The monoisotopic (exact) mass is 433 g/mol. The second-order valence-corrected chi connectivity index (χ2v) is 7.73. The third-order valence-electron chi connectivity index (χ3n) is 5.77. The van der Waals surface area contributed by atoms with Gasteiger partial charge in [-0.05, 0) is 37.3 Å². The maximum atomic E-state index is 14.2. The van der Waals surface area contributed by atoms with E-state index in [1.165, 1.54) is 6.07 Å². The molecule has 0 N–H and O–H groups in total. The summed E-state index contributed by atoms with van der Waals surface area (Å²) in [7, 11) is 0. The van der Waals surface area contributed by atoms with Gasteiger partial charge in [0.2, 0.25) is 0 Å². The highest BCUT2D eigenvalue weighted by molar-refractivity contribution is 6.00. The molecule has 1 saturated heterocycles. The first kappa shape index (κ1) is 21.7. The van der Waals surface area contributed by atoms with E-state index in [0.29, 0.717) is 50.7 Å². The Labute approximate surface area is 188 Å². The number of piperazine rings is 1. The molecule has 2 heterocycles. The summed E-state index contributed by atoms with van der Waals surface area (Å²) in [6, 6.07) is 14.6. The summed E-state index contributed by atoms with van der Waals surface area (Å²) in [5, 5.41) is 0.909. The number of anilines is 1. The summed E-state index contributed by atoms with van der Waals surface area (Å²) in [5.74, 6) is 0.486. The van der Waals surface area contributed by atoms with Gasteiger partial charge in [-0.3, -0.25) is 4.79 Å². The Balaban J connectivity index is 1.60. The quantitative estimate of drug-likeness (QED) is 0.498. The van der Waals surface area contributed by atoms with Gasteiger partial charge in [0.1, 0.15) is 23.9 Å². The number of ether oxygens (including phenoxy) is 1. The predicted molar refractivity (Wildman–Crippen MR) is 127 cm³/mol. The largest absolute Gasteiger partial charge is 0.489 e. The predicted octanol–water partition coefficient (Wildman–Crippen LogP) is 4.88. The number of benzene rings is 2. The molecule has 0 aliphatic carbocycles. The number of carbonyl (C=O) groups is 1. The van der Waals surface area contributed by atoms with Gasteiger partial charge < -0.3 is 19.1 Å². The van der Waals surface area contributed by atoms with E-state index in [2.05, 4.69) is 6.58 Å². The normalized spacial score (nSPS) is 14.3. The van der Waals surface area contributed by atoms with Gasteiger partial charge in [-0.25, -0.2) is 4.39 Å². The highest BCUT2D eigenvalue weighted by Gasteiger charge is 2.26. The fourth-order valence-electron chi connectivity index (χ4n) is 4.14. The minimum atomic E-state index is -0.231. The van der Waals surface area contributed by atoms with Crippen molar-refractivity contribution in [2.24, 2.45) is 0 Å². The van der Waals surface area contributed by atoms with Crippen molar-refractivity contribution < 1.29 is 13.9 Å². The number of allylic oxidation sites excluding steroid dienone is 2. The fourth-order valence-corrected chi connectivity index (χ4v) is 4.14. The lowest BCUT2D eigenvalue weighted by Crippen LogP contribution is -2.49. The van der Waals surface area contributed by atoms with E-state index in [1.807, 2.05) is 63.8 Å². The van der Waals surface area contributed by atoms with Gasteiger partial charge in [0, 0.05) is 38.1 Å². The highest BCUT2D eigenvalue weighted by Crippen LogP contribution is 2.30. The average molecular weight is 434 g/mol. The molecule has 5 nitrogen and oxygen atoms in total. The number of halogens is 1. The third kappa shape index (κ3) is 4.26. The zero-order chi connectivity index (χ0) is 22.5. The second kappa shape index (κ2) is 9.73. The molecule has 2 aromatic carbocycles. The molecule has 0 atom stereocenters. The molecule has 1 amide bonds. The van der Waals surface area contributed by atoms with Crippen LogP contribution in [-0.4, -0.2) is 48.2 Å². The molecule has 166 valence electrons. The van der Waals surface area contributed by atoms with Gasteiger partial charge in [0.15, 0.2) is 0 Å². The first-order valence-corrected chi connectivity index (χ1v) is 10.9. The smallest absolute Gasteiger partial charge is 0.270 e. The molecular weight excluding hydrogens is 405 g/mol. The highest BCUT2D eigenvalue weighted by atomic mass is 19.1. The number of nitrogens with zero attached hydrogens (tertiary/aromatic N) is 3. The number of carbonyl (C=O) groups excluding carboxylic acids is 1. The fraction of sp³-hybridized carbons (Fsp3) is 0.269. The van der Waals surface area contributed by atoms with E-state index >= 15 is 0 Å². The molecule has 3 aromatic rings. The Morgan fingerprint density at radius 3 is 2.62 bits per heavy atom. The lowest BCUT2D eigenvalue weighted by Gasteiger charge is -2.36.